The van der Waals surface area contributed by atoms with Crippen LogP contribution in [0.1, 0.15) is 44.1 Å². The molecular weight excluding hydrogens is 412 g/mol. The molecule has 0 bridgehead atoms. The molecule has 2 N–H and O–H groups in total. The average molecular weight is 441 g/mol. The second-order valence-electron chi connectivity index (χ2n) is 8.34. The van der Waals surface area contributed by atoms with Gasteiger partial charge in [0, 0.05) is 6.54 Å². The zero-order valence-corrected chi connectivity index (χ0v) is 18.7. The lowest BCUT2D eigenvalue weighted by Gasteiger charge is -2.23. The van der Waals surface area contributed by atoms with Crippen molar-refractivity contribution in [1.29, 1.82) is 0 Å². The van der Waals surface area contributed by atoms with Crippen molar-refractivity contribution >= 4 is 22.8 Å². The molecule has 0 saturated carbocycles. The van der Waals surface area contributed by atoms with Crippen LogP contribution in [0.25, 0.3) is 10.8 Å². The topological polar surface area (TPSA) is 116 Å². The van der Waals surface area contributed by atoms with Gasteiger partial charge in [-0.2, -0.15) is 4.98 Å². The first-order valence-electron chi connectivity index (χ1n) is 10.3. The third-order valence-corrected chi connectivity index (χ3v) is 4.39. The van der Waals surface area contributed by atoms with E-state index in [0.717, 1.165) is 16.3 Å². The Bertz CT molecular complexity index is 1070. The second kappa shape index (κ2) is 10.2. The molecule has 1 heterocycles. The standard InChI is InChI=1S/C23H28N4O5/c1-15-25-21(32-27-15)14-30-13-20(28)26-19(12-24-22(29)31-23(2,3)4)18-10-9-16-7-5-6-8-17(16)11-18/h5-11,19H,12-14H2,1-4H3,(H,24,29)(H,26,28)/t19-/m1/s1. The van der Waals surface area contributed by atoms with E-state index < -0.39 is 17.7 Å². The van der Waals surface area contributed by atoms with E-state index in [1.165, 1.54) is 0 Å². The number of ether oxygens (including phenoxy) is 2. The highest BCUT2D eigenvalue weighted by molar-refractivity contribution is 5.83. The van der Waals surface area contributed by atoms with Crippen LogP contribution in [0.15, 0.2) is 47.0 Å². The van der Waals surface area contributed by atoms with Gasteiger partial charge in [0.15, 0.2) is 5.82 Å². The van der Waals surface area contributed by atoms with E-state index in [4.69, 9.17) is 14.0 Å². The number of nitrogens with zero attached hydrogens (tertiary/aromatic N) is 2. The van der Waals surface area contributed by atoms with Gasteiger partial charge in [0.1, 0.15) is 18.8 Å². The summed E-state index contributed by atoms with van der Waals surface area (Å²) in [7, 11) is 0. The predicted octanol–water partition coefficient (Wildman–Crippen LogP) is 3.43. The molecule has 32 heavy (non-hydrogen) atoms. The maximum absolute atomic E-state index is 12.5. The first-order valence-corrected chi connectivity index (χ1v) is 10.3. The predicted molar refractivity (Wildman–Crippen MR) is 118 cm³/mol. The number of carbonyl (C=O) groups is 2. The molecule has 0 aliphatic rings. The number of rotatable bonds is 8. The van der Waals surface area contributed by atoms with Crippen molar-refractivity contribution in [3.8, 4) is 0 Å². The summed E-state index contributed by atoms with van der Waals surface area (Å²) in [5.74, 6) is 0.455. The fraction of sp³-hybridized carbons (Fsp3) is 0.391. The molecule has 0 unspecified atom stereocenters. The fourth-order valence-electron chi connectivity index (χ4n) is 3.04. The number of hydrogen-bond donors (Lipinski definition) is 2. The molecular formula is C23H28N4O5. The minimum Gasteiger partial charge on any atom is -0.444 e. The van der Waals surface area contributed by atoms with Gasteiger partial charge in [0.2, 0.25) is 5.91 Å². The lowest BCUT2D eigenvalue weighted by molar-refractivity contribution is -0.127. The van der Waals surface area contributed by atoms with E-state index in [9.17, 15) is 9.59 Å². The molecule has 1 aromatic heterocycles. The Morgan fingerprint density at radius 2 is 1.88 bits per heavy atom. The molecule has 0 spiro atoms. The van der Waals surface area contributed by atoms with Gasteiger partial charge in [-0.05, 0) is 50.1 Å². The van der Waals surface area contributed by atoms with Crippen LogP contribution in [-0.2, 0) is 20.9 Å². The van der Waals surface area contributed by atoms with E-state index >= 15 is 0 Å². The van der Waals surface area contributed by atoms with Crippen LogP contribution < -0.4 is 10.6 Å². The van der Waals surface area contributed by atoms with E-state index in [2.05, 4.69) is 20.8 Å². The van der Waals surface area contributed by atoms with Crippen molar-refractivity contribution in [3.63, 3.8) is 0 Å². The number of alkyl carbamates (subject to hydrolysis) is 1. The molecule has 170 valence electrons. The third-order valence-electron chi connectivity index (χ3n) is 4.39. The van der Waals surface area contributed by atoms with Crippen molar-refractivity contribution in [1.82, 2.24) is 20.8 Å². The number of aryl methyl sites for hydroxylation is 1. The third kappa shape index (κ3) is 7.05. The Kier molecular flexibility index (Phi) is 7.42. The summed E-state index contributed by atoms with van der Waals surface area (Å²) in [4.78, 5) is 28.7. The van der Waals surface area contributed by atoms with Crippen molar-refractivity contribution in [2.75, 3.05) is 13.2 Å². The first-order chi connectivity index (χ1) is 15.2. The van der Waals surface area contributed by atoms with Gasteiger partial charge in [0.25, 0.3) is 5.89 Å². The van der Waals surface area contributed by atoms with Gasteiger partial charge >= 0.3 is 6.09 Å². The molecule has 9 nitrogen and oxygen atoms in total. The summed E-state index contributed by atoms with van der Waals surface area (Å²) >= 11 is 0. The number of nitrogens with one attached hydrogen (secondary N) is 2. The lowest BCUT2D eigenvalue weighted by atomic mass is 10.0. The molecule has 1 atom stereocenters. The van der Waals surface area contributed by atoms with Crippen LogP contribution in [-0.4, -0.2) is 40.9 Å². The van der Waals surface area contributed by atoms with Crippen LogP contribution in [0.3, 0.4) is 0 Å². The molecule has 0 fully saturated rings. The van der Waals surface area contributed by atoms with Crippen LogP contribution in [0.2, 0.25) is 0 Å². The Hall–Kier alpha value is -3.46. The van der Waals surface area contributed by atoms with Gasteiger partial charge in [-0.3, -0.25) is 4.79 Å². The Balaban J connectivity index is 1.65. The highest BCUT2D eigenvalue weighted by atomic mass is 16.6. The molecule has 0 aliphatic heterocycles. The second-order valence-corrected chi connectivity index (χ2v) is 8.34. The Labute approximate surface area is 186 Å². The number of amides is 2. The number of carbonyl (C=O) groups excluding carboxylic acids is 2. The number of aromatic nitrogens is 2. The van der Waals surface area contributed by atoms with E-state index in [1.54, 1.807) is 27.7 Å². The molecule has 2 amide bonds. The molecule has 3 rings (SSSR count). The number of fused-ring (bicyclic) bond motifs is 1. The maximum atomic E-state index is 12.5. The van der Waals surface area contributed by atoms with Gasteiger partial charge in [0.05, 0.1) is 6.04 Å². The van der Waals surface area contributed by atoms with Gasteiger partial charge in [-0.25, -0.2) is 4.79 Å². The summed E-state index contributed by atoms with van der Waals surface area (Å²) in [5.41, 5.74) is 0.229. The highest BCUT2D eigenvalue weighted by Gasteiger charge is 2.20. The summed E-state index contributed by atoms with van der Waals surface area (Å²) in [6.45, 7) is 7.06. The van der Waals surface area contributed by atoms with Crippen molar-refractivity contribution in [3.05, 3.63) is 59.7 Å². The number of hydrogen-bond acceptors (Lipinski definition) is 7. The summed E-state index contributed by atoms with van der Waals surface area (Å²) in [6, 6.07) is 13.3. The quantitative estimate of drug-likeness (QED) is 0.551. The van der Waals surface area contributed by atoms with E-state index in [-0.39, 0.29) is 25.7 Å². The lowest BCUT2D eigenvalue weighted by Crippen LogP contribution is -2.41. The van der Waals surface area contributed by atoms with E-state index in [1.807, 2.05) is 42.5 Å². The van der Waals surface area contributed by atoms with Gasteiger partial charge in [-0.15, -0.1) is 0 Å². The van der Waals surface area contributed by atoms with Crippen LogP contribution in [0, 0.1) is 6.92 Å². The zero-order chi connectivity index (χ0) is 23.1. The fourth-order valence-corrected chi connectivity index (χ4v) is 3.04. The van der Waals surface area contributed by atoms with Crippen LogP contribution in [0.5, 0.6) is 0 Å². The largest absolute Gasteiger partial charge is 0.444 e. The molecule has 0 saturated heterocycles. The Morgan fingerprint density at radius 3 is 2.56 bits per heavy atom. The minimum atomic E-state index is -0.618. The highest BCUT2D eigenvalue weighted by Crippen LogP contribution is 2.20. The maximum Gasteiger partial charge on any atom is 0.407 e. The van der Waals surface area contributed by atoms with Gasteiger partial charge < -0.3 is 24.6 Å². The van der Waals surface area contributed by atoms with Crippen LogP contribution in [0.4, 0.5) is 4.79 Å². The smallest absolute Gasteiger partial charge is 0.407 e. The number of benzene rings is 2. The van der Waals surface area contributed by atoms with Crippen molar-refractivity contribution in [2.45, 2.75) is 45.9 Å². The summed E-state index contributed by atoms with van der Waals surface area (Å²) in [5, 5.41) is 11.4. The Morgan fingerprint density at radius 1 is 1.12 bits per heavy atom. The van der Waals surface area contributed by atoms with Crippen molar-refractivity contribution in [2.24, 2.45) is 0 Å². The van der Waals surface area contributed by atoms with Crippen LogP contribution >= 0.6 is 0 Å². The monoisotopic (exact) mass is 440 g/mol. The minimum absolute atomic E-state index is 0.0328. The molecule has 3 aromatic rings. The zero-order valence-electron chi connectivity index (χ0n) is 18.7. The SMILES string of the molecule is Cc1noc(COCC(=O)N[C@H](CNC(=O)OC(C)(C)C)c2ccc3ccccc3c2)n1. The van der Waals surface area contributed by atoms with E-state index in [0.29, 0.717) is 11.7 Å². The molecule has 2 aromatic carbocycles. The first kappa shape index (κ1) is 23.2. The molecule has 9 heteroatoms. The summed E-state index contributed by atoms with van der Waals surface area (Å²) < 4.78 is 15.6. The summed E-state index contributed by atoms with van der Waals surface area (Å²) in [6.07, 6.45) is -0.555. The van der Waals surface area contributed by atoms with Gasteiger partial charge in [-0.1, -0.05) is 41.6 Å². The molecule has 0 radical (unpaired) electrons. The average Bonchev–Trinajstić information content (AvgIpc) is 3.14. The molecule has 0 aliphatic carbocycles. The van der Waals surface area contributed by atoms with Crippen molar-refractivity contribution < 1.29 is 23.6 Å². The normalized spacial score (nSPS) is 12.4.